The van der Waals surface area contributed by atoms with E-state index in [4.69, 9.17) is 21.3 Å². The largest absolute Gasteiger partial charge is 0.492 e. The number of aliphatic hydroxyl groups is 1. The highest BCUT2D eigenvalue weighted by Crippen LogP contribution is 2.38. The molecule has 1 N–H and O–H groups in total. The van der Waals surface area contributed by atoms with Gasteiger partial charge in [-0.25, -0.2) is 4.98 Å². The number of para-hydroxylation sites is 1. The Bertz CT molecular complexity index is 808. The molecule has 2 fully saturated rings. The standard InChI is InChI=1S/C22H29ClN2O2S/c1-16-20(9-14-27-19-6-3-2-5-18(19)23)28-21(24-16)22(26)10-4-12-25(13-11-22)15-17-7-8-17/h2-3,5-6,17,26H,4,7-15H2,1H3. The van der Waals surface area contributed by atoms with Gasteiger partial charge in [-0.2, -0.15) is 0 Å². The van der Waals surface area contributed by atoms with Gasteiger partial charge in [0.05, 0.1) is 17.3 Å². The zero-order chi connectivity index (χ0) is 19.6. The number of hydrogen-bond donors (Lipinski definition) is 1. The lowest BCUT2D eigenvalue weighted by atomic mass is 9.96. The van der Waals surface area contributed by atoms with E-state index in [1.807, 2.05) is 31.2 Å². The summed E-state index contributed by atoms with van der Waals surface area (Å²) >= 11 is 7.80. The van der Waals surface area contributed by atoms with Crippen molar-refractivity contribution in [3.05, 3.63) is 44.9 Å². The van der Waals surface area contributed by atoms with E-state index in [9.17, 15) is 5.11 Å². The molecular weight excluding hydrogens is 392 g/mol. The van der Waals surface area contributed by atoms with E-state index in [1.165, 1.54) is 24.3 Å². The molecule has 0 radical (unpaired) electrons. The monoisotopic (exact) mass is 420 g/mol. The molecule has 1 saturated carbocycles. The van der Waals surface area contributed by atoms with E-state index < -0.39 is 5.60 Å². The van der Waals surface area contributed by atoms with E-state index >= 15 is 0 Å². The highest BCUT2D eigenvalue weighted by molar-refractivity contribution is 7.11. The number of thiazole rings is 1. The van der Waals surface area contributed by atoms with Crippen LogP contribution in [0.15, 0.2) is 24.3 Å². The first-order chi connectivity index (χ1) is 13.5. The third-order valence-corrected chi connectivity index (χ3v) is 7.56. The number of hydrogen-bond acceptors (Lipinski definition) is 5. The molecule has 0 spiro atoms. The second kappa shape index (κ2) is 8.70. The van der Waals surface area contributed by atoms with Crippen molar-refractivity contribution < 1.29 is 9.84 Å². The minimum atomic E-state index is -0.782. The molecule has 4 nitrogen and oxygen atoms in total. The van der Waals surface area contributed by atoms with E-state index in [0.717, 1.165) is 55.4 Å². The van der Waals surface area contributed by atoms with Crippen LogP contribution < -0.4 is 4.74 Å². The molecule has 152 valence electrons. The quantitative estimate of drug-likeness (QED) is 0.698. The summed E-state index contributed by atoms with van der Waals surface area (Å²) in [7, 11) is 0. The second-order valence-electron chi connectivity index (χ2n) is 8.19. The minimum absolute atomic E-state index is 0.555. The molecule has 1 aromatic heterocycles. The third kappa shape index (κ3) is 4.88. The number of benzene rings is 1. The first-order valence-electron chi connectivity index (χ1n) is 10.3. The first kappa shape index (κ1) is 20.1. The Balaban J connectivity index is 1.36. The SMILES string of the molecule is Cc1nc(C2(O)CCCN(CC3CC3)CC2)sc1CCOc1ccccc1Cl. The first-order valence-corrected chi connectivity index (χ1v) is 11.5. The van der Waals surface area contributed by atoms with Crippen LogP contribution >= 0.6 is 22.9 Å². The number of aromatic nitrogens is 1. The Hall–Kier alpha value is -1.14. The van der Waals surface area contributed by atoms with Crippen LogP contribution in [-0.4, -0.2) is 41.2 Å². The summed E-state index contributed by atoms with van der Waals surface area (Å²) in [6.45, 7) is 5.86. The Kier molecular flexibility index (Phi) is 6.26. The summed E-state index contributed by atoms with van der Waals surface area (Å²) in [5.41, 5.74) is 0.227. The average Bonchev–Trinajstić information content (AvgIpc) is 3.44. The van der Waals surface area contributed by atoms with Gasteiger partial charge in [-0.1, -0.05) is 23.7 Å². The highest BCUT2D eigenvalue weighted by atomic mass is 35.5. The number of halogens is 1. The van der Waals surface area contributed by atoms with Gasteiger partial charge in [-0.05, 0) is 63.6 Å². The van der Waals surface area contributed by atoms with E-state index in [1.54, 1.807) is 11.3 Å². The summed E-state index contributed by atoms with van der Waals surface area (Å²) in [5.74, 6) is 1.61. The fourth-order valence-electron chi connectivity index (χ4n) is 3.91. The van der Waals surface area contributed by atoms with Crippen LogP contribution in [0.25, 0.3) is 0 Å². The van der Waals surface area contributed by atoms with Gasteiger partial charge in [-0.15, -0.1) is 11.3 Å². The normalized spacial score (nSPS) is 23.5. The number of aryl methyl sites for hydroxylation is 1. The zero-order valence-electron chi connectivity index (χ0n) is 16.5. The number of ether oxygens (including phenoxy) is 1. The van der Waals surface area contributed by atoms with Crippen molar-refractivity contribution in [2.24, 2.45) is 5.92 Å². The molecule has 6 heteroatoms. The van der Waals surface area contributed by atoms with Crippen molar-refractivity contribution in [1.29, 1.82) is 0 Å². The molecule has 2 heterocycles. The van der Waals surface area contributed by atoms with E-state index in [-0.39, 0.29) is 0 Å². The molecule has 2 aromatic rings. The van der Waals surface area contributed by atoms with Gasteiger partial charge >= 0.3 is 0 Å². The molecule has 1 aliphatic heterocycles. The molecule has 1 aliphatic carbocycles. The van der Waals surface area contributed by atoms with Crippen molar-refractivity contribution in [3.63, 3.8) is 0 Å². The van der Waals surface area contributed by atoms with E-state index in [0.29, 0.717) is 17.4 Å². The molecule has 2 aliphatic rings. The van der Waals surface area contributed by atoms with Gasteiger partial charge in [0.2, 0.25) is 0 Å². The van der Waals surface area contributed by atoms with Crippen molar-refractivity contribution in [1.82, 2.24) is 9.88 Å². The average molecular weight is 421 g/mol. The van der Waals surface area contributed by atoms with Crippen molar-refractivity contribution in [2.45, 2.75) is 51.0 Å². The number of nitrogens with zero attached hydrogens (tertiary/aromatic N) is 2. The highest BCUT2D eigenvalue weighted by Gasteiger charge is 2.36. The van der Waals surface area contributed by atoms with Gasteiger partial charge < -0.3 is 14.7 Å². The second-order valence-corrected chi connectivity index (χ2v) is 9.68. The zero-order valence-corrected chi connectivity index (χ0v) is 18.1. The van der Waals surface area contributed by atoms with Gasteiger partial charge in [0.1, 0.15) is 16.4 Å². The minimum Gasteiger partial charge on any atom is -0.492 e. The molecule has 1 unspecified atom stereocenters. The summed E-state index contributed by atoms with van der Waals surface area (Å²) in [5, 5.41) is 12.9. The number of rotatable bonds is 7. The molecule has 28 heavy (non-hydrogen) atoms. The van der Waals surface area contributed by atoms with Crippen molar-refractivity contribution in [3.8, 4) is 5.75 Å². The van der Waals surface area contributed by atoms with Crippen LogP contribution in [0.1, 0.15) is 47.7 Å². The fourth-order valence-corrected chi connectivity index (χ4v) is 5.29. The number of likely N-dealkylation sites (tertiary alicyclic amines) is 1. The predicted molar refractivity (Wildman–Crippen MR) is 114 cm³/mol. The van der Waals surface area contributed by atoms with Crippen LogP contribution in [0, 0.1) is 12.8 Å². The summed E-state index contributed by atoms with van der Waals surface area (Å²) in [6, 6.07) is 7.54. The fraction of sp³-hybridized carbons (Fsp3) is 0.591. The van der Waals surface area contributed by atoms with Crippen LogP contribution in [-0.2, 0) is 12.0 Å². The van der Waals surface area contributed by atoms with Crippen LogP contribution in [0.5, 0.6) is 5.75 Å². The van der Waals surface area contributed by atoms with Crippen molar-refractivity contribution >= 4 is 22.9 Å². The lowest BCUT2D eigenvalue weighted by Crippen LogP contribution is -2.30. The molecule has 4 rings (SSSR count). The molecular formula is C22H29ClN2O2S. The topological polar surface area (TPSA) is 45.6 Å². The van der Waals surface area contributed by atoms with Gasteiger partial charge in [0.25, 0.3) is 0 Å². The van der Waals surface area contributed by atoms with Gasteiger partial charge in [-0.3, -0.25) is 0 Å². The molecule has 1 saturated heterocycles. The Labute approximate surface area is 176 Å². The lowest BCUT2D eigenvalue weighted by molar-refractivity contribution is 0.0208. The Morgan fingerprint density at radius 2 is 2.11 bits per heavy atom. The maximum Gasteiger partial charge on any atom is 0.137 e. The predicted octanol–water partition coefficient (Wildman–Crippen LogP) is 4.81. The summed E-state index contributed by atoms with van der Waals surface area (Å²) in [6.07, 6.45) is 6.16. The van der Waals surface area contributed by atoms with Crippen LogP contribution in [0.4, 0.5) is 0 Å². The van der Waals surface area contributed by atoms with Crippen LogP contribution in [0.3, 0.4) is 0 Å². The van der Waals surface area contributed by atoms with E-state index in [2.05, 4.69) is 4.90 Å². The summed E-state index contributed by atoms with van der Waals surface area (Å²) in [4.78, 5) is 8.48. The molecule has 0 amide bonds. The lowest BCUT2D eigenvalue weighted by Gasteiger charge is -2.24. The van der Waals surface area contributed by atoms with Crippen LogP contribution in [0.2, 0.25) is 5.02 Å². The Morgan fingerprint density at radius 1 is 1.29 bits per heavy atom. The Morgan fingerprint density at radius 3 is 2.89 bits per heavy atom. The van der Waals surface area contributed by atoms with Gasteiger partial charge in [0, 0.05) is 24.4 Å². The van der Waals surface area contributed by atoms with Gasteiger partial charge in [0.15, 0.2) is 0 Å². The third-order valence-electron chi connectivity index (χ3n) is 5.83. The molecule has 1 aromatic carbocycles. The maximum absolute atomic E-state index is 11.3. The maximum atomic E-state index is 11.3. The molecule has 1 atom stereocenters. The molecule has 0 bridgehead atoms. The summed E-state index contributed by atoms with van der Waals surface area (Å²) < 4.78 is 5.83. The smallest absolute Gasteiger partial charge is 0.137 e. The van der Waals surface area contributed by atoms with Crippen molar-refractivity contribution in [2.75, 3.05) is 26.2 Å².